The number of hydrogen-bond acceptors (Lipinski definition) is 6. The quantitative estimate of drug-likeness (QED) is 0.339. The lowest BCUT2D eigenvalue weighted by atomic mass is 10.1. The van der Waals surface area contributed by atoms with Crippen molar-refractivity contribution in [3.05, 3.63) is 101 Å². The fourth-order valence-corrected chi connectivity index (χ4v) is 3.71. The second-order valence-corrected chi connectivity index (χ2v) is 8.31. The normalized spacial score (nSPS) is 15.0. The smallest absolute Gasteiger partial charge is 0.363 e. The van der Waals surface area contributed by atoms with Gasteiger partial charge in [-0.3, -0.25) is 0 Å². The minimum atomic E-state index is -4.09. The Balaban J connectivity index is 1.51. The van der Waals surface area contributed by atoms with Crippen molar-refractivity contribution >= 4 is 28.1 Å². The number of cyclic esters (lactones) is 1. The molecule has 0 atom stereocenters. The van der Waals surface area contributed by atoms with Crippen LogP contribution in [0.3, 0.4) is 0 Å². The van der Waals surface area contributed by atoms with Crippen molar-refractivity contribution in [2.24, 2.45) is 4.99 Å². The standard InChI is InChI=1S/C23H16FNO5S/c1-15-2-6-17(7-3-15)22-25-21(23(26)29-22)14-16-4-10-19(11-5-16)30-31(27,28)20-12-8-18(24)9-13-20/h2-14H,1H3/b21-14-. The highest BCUT2D eigenvalue weighted by Crippen LogP contribution is 2.23. The van der Waals surface area contributed by atoms with Crippen molar-refractivity contribution in [1.82, 2.24) is 0 Å². The maximum Gasteiger partial charge on any atom is 0.363 e. The van der Waals surface area contributed by atoms with Gasteiger partial charge in [0.1, 0.15) is 16.5 Å². The summed E-state index contributed by atoms with van der Waals surface area (Å²) in [7, 11) is -4.09. The number of benzene rings is 3. The molecule has 0 saturated heterocycles. The van der Waals surface area contributed by atoms with Crippen LogP contribution in [0.2, 0.25) is 0 Å². The Kier molecular flexibility index (Phi) is 5.39. The Labute approximate surface area is 178 Å². The molecule has 0 unspecified atom stereocenters. The van der Waals surface area contributed by atoms with Crippen molar-refractivity contribution < 1.29 is 26.5 Å². The summed E-state index contributed by atoms with van der Waals surface area (Å²) in [5, 5.41) is 0. The minimum Gasteiger partial charge on any atom is -0.402 e. The molecule has 31 heavy (non-hydrogen) atoms. The van der Waals surface area contributed by atoms with Gasteiger partial charge in [-0.15, -0.1) is 0 Å². The predicted molar refractivity (Wildman–Crippen MR) is 112 cm³/mol. The molecule has 3 aromatic carbocycles. The number of esters is 1. The van der Waals surface area contributed by atoms with Crippen LogP contribution in [0, 0.1) is 12.7 Å². The van der Waals surface area contributed by atoms with Crippen LogP contribution in [0.25, 0.3) is 6.08 Å². The topological polar surface area (TPSA) is 82.0 Å². The highest BCUT2D eigenvalue weighted by molar-refractivity contribution is 7.87. The molecule has 0 aromatic heterocycles. The number of aryl methyl sites for hydroxylation is 1. The minimum absolute atomic E-state index is 0.0734. The number of carbonyl (C=O) groups excluding carboxylic acids is 1. The molecular formula is C23H16FNO5S. The van der Waals surface area contributed by atoms with Gasteiger partial charge in [0.25, 0.3) is 0 Å². The Morgan fingerprint density at radius 1 is 0.935 bits per heavy atom. The number of rotatable bonds is 5. The molecular weight excluding hydrogens is 421 g/mol. The summed E-state index contributed by atoms with van der Waals surface area (Å²) >= 11 is 0. The maximum absolute atomic E-state index is 13.0. The van der Waals surface area contributed by atoms with Crippen molar-refractivity contribution in [2.45, 2.75) is 11.8 Å². The zero-order chi connectivity index (χ0) is 22.0. The summed E-state index contributed by atoms with van der Waals surface area (Å²) in [6.07, 6.45) is 1.53. The van der Waals surface area contributed by atoms with Crippen LogP contribution >= 0.6 is 0 Å². The van der Waals surface area contributed by atoms with Gasteiger partial charge in [-0.2, -0.15) is 8.42 Å². The van der Waals surface area contributed by atoms with E-state index >= 15 is 0 Å². The molecule has 4 rings (SSSR count). The van der Waals surface area contributed by atoms with E-state index in [4.69, 9.17) is 8.92 Å². The molecule has 0 saturated carbocycles. The Morgan fingerprint density at radius 3 is 2.23 bits per heavy atom. The SMILES string of the molecule is Cc1ccc(C2=N/C(=C\c3ccc(OS(=O)(=O)c4ccc(F)cc4)cc3)C(=O)O2)cc1. The number of halogens is 1. The summed E-state index contributed by atoms with van der Waals surface area (Å²) in [6.45, 7) is 1.95. The summed E-state index contributed by atoms with van der Waals surface area (Å²) in [6, 6.07) is 17.8. The van der Waals surface area contributed by atoms with Gasteiger partial charge < -0.3 is 8.92 Å². The molecule has 0 fully saturated rings. The first-order valence-corrected chi connectivity index (χ1v) is 10.6. The van der Waals surface area contributed by atoms with Crippen LogP contribution in [0.1, 0.15) is 16.7 Å². The number of nitrogens with zero attached hydrogens (tertiary/aromatic N) is 1. The zero-order valence-corrected chi connectivity index (χ0v) is 17.1. The Bertz CT molecular complexity index is 1290. The van der Waals surface area contributed by atoms with Gasteiger partial charge in [0.05, 0.1) is 0 Å². The van der Waals surface area contributed by atoms with Crippen molar-refractivity contribution in [3.8, 4) is 5.75 Å². The molecule has 0 aliphatic carbocycles. The van der Waals surface area contributed by atoms with E-state index in [9.17, 15) is 17.6 Å². The first-order valence-electron chi connectivity index (χ1n) is 9.20. The van der Waals surface area contributed by atoms with E-state index in [0.717, 1.165) is 29.8 Å². The molecule has 0 spiro atoms. The Morgan fingerprint density at radius 2 is 1.58 bits per heavy atom. The highest BCUT2D eigenvalue weighted by Gasteiger charge is 2.24. The largest absolute Gasteiger partial charge is 0.402 e. The van der Waals surface area contributed by atoms with Crippen molar-refractivity contribution in [2.75, 3.05) is 0 Å². The summed E-state index contributed by atoms with van der Waals surface area (Å²) in [5.41, 5.74) is 2.50. The molecule has 3 aromatic rings. The average Bonchev–Trinajstić information content (AvgIpc) is 3.10. The van der Waals surface area contributed by atoms with Crippen molar-refractivity contribution in [3.63, 3.8) is 0 Å². The summed E-state index contributed by atoms with van der Waals surface area (Å²) < 4.78 is 47.8. The van der Waals surface area contributed by atoms with Crippen molar-refractivity contribution in [1.29, 1.82) is 0 Å². The molecule has 0 bridgehead atoms. The second kappa shape index (κ2) is 8.16. The van der Waals surface area contributed by atoms with Crippen LogP contribution in [0.4, 0.5) is 4.39 Å². The fourth-order valence-electron chi connectivity index (χ4n) is 2.78. The molecule has 1 aliphatic rings. The molecule has 0 amide bonds. The van der Waals surface area contributed by atoms with Crippen LogP contribution in [-0.4, -0.2) is 20.3 Å². The highest BCUT2D eigenvalue weighted by atomic mass is 32.2. The predicted octanol–water partition coefficient (Wildman–Crippen LogP) is 4.25. The third-order valence-corrected chi connectivity index (χ3v) is 5.67. The number of carbonyl (C=O) groups is 1. The zero-order valence-electron chi connectivity index (χ0n) is 16.3. The van der Waals surface area contributed by atoms with E-state index in [1.54, 1.807) is 12.1 Å². The van der Waals surface area contributed by atoms with Gasteiger partial charge >= 0.3 is 16.1 Å². The molecule has 8 heteroatoms. The van der Waals surface area contributed by atoms with Gasteiger partial charge in [0, 0.05) is 5.56 Å². The average molecular weight is 437 g/mol. The number of hydrogen-bond donors (Lipinski definition) is 0. The van der Waals surface area contributed by atoms with Crippen LogP contribution < -0.4 is 4.18 Å². The fraction of sp³-hybridized carbons (Fsp3) is 0.0435. The molecule has 1 aliphatic heterocycles. The van der Waals surface area contributed by atoms with Gasteiger partial charge in [-0.25, -0.2) is 14.2 Å². The van der Waals surface area contributed by atoms with E-state index < -0.39 is 21.9 Å². The molecule has 1 heterocycles. The Hall–Kier alpha value is -3.78. The van der Waals surface area contributed by atoms with E-state index in [0.29, 0.717) is 11.1 Å². The van der Waals surface area contributed by atoms with Crippen LogP contribution in [0.15, 0.2) is 88.4 Å². The number of aliphatic imine (C=N–C) groups is 1. The summed E-state index contributed by atoms with van der Waals surface area (Å²) in [4.78, 5) is 16.2. The monoisotopic (exact) mass is 437 g/mol. The lowest BCUT2D eigenvalue weighted by molar-refractivity contribution is -0.129. The lowest BCUT2D eigenvalue weighted by Crippen LogP contribution is -2.09. The van der Waals surface area contributed by atoms with E-state index in [2.05, 4.69) is 4.99 Å². The van der Waals surface area contributed by atoms with Gasteiger partial charge in [-0.1, -0.05) is 29.8 Å². The first-order chi connectivity index (χ1) is 14.8. The van der Waals surface area contributed by atoms with E-state index in [1.807, 2.05) is 31.2 Å². The molecule has 0 radical (unpaired) electrons. The first kappa shape index (κ1) is 20.5. The molecule has 0 N–H and O–H groups in total. The third kappa shape index (κ3) is 4.70. The maximum atomic E-state index is 13.0. The van der Waals surface area contributed by atoms with Crippen LogP contribution in [-0.2, 0) is 19.6 Å². The van der Waals surface area contributed by atoms with Crippen LogP contribution in [0.5, 0.6) is 5.75 Å². The molecule has 6 nitrogen and oxygen atoms in total. The lowest BCUT2D eigenvalue weighted by Gasteiger charge is -2.07. The van der Waals surface area contributed by atoms with E-state index in [-0.39, 0.29) is 22.2 Å². The van der Waals surface area contributed by atoms with Gasteiger partial charge in [0.15, 0.2) is 5.70 Å². The third-order valence-electron chi connectivity index (χ3n) is 4.41. The number of ether oxygens (including phenoxy) is 1. The van der Waals surface area contributed by atoms with Gasteiger partial charge in [-0.05, 0) is 67.1 Å². The second-order valence-electron chi connectivity index (χ2n) is 6.76. The van der Waals surface area contributed by atoms with Gasteiger partial charge in [0.2, 0.25) is 5.90 Å². The summed E-state index contributed by atoms with van der Waals surface area (Å²) in [5.74, 6) is -0.823. The molecule has 156 valence electrons. The van der Waals surface area contributed by atoms with E-state index in [1.165, 1.54) is 18.2 Å².